The molecule has 2 N–H and O–H groups in total. The zero-order chi connectivity index (χ0) is 16.4. The summed E-state index contributed by atoms with van der Waals surface area (Å²) < 4.78 is 10.4. The van der Waals surface area contributed by atoms with E-state index < -0.39 is 23.2 Å². The standard InChI is InChI=1S/C13H20BNO6/c1-12(2,16)13(3,4)21-14(17)9-6-7-10(15(18)19)11(8-9)20-5/h6-8,16-17H,1-5H3. The number of nitro benzene ring substituents is 1. The molecule has 0 aliphatic rings. The van der Waals surface area contributed by atoms with Gasteiger partial charge in [-0.05, 0) is 39.2 Å². The average molecular weight is 297 g/mol. The van der Waals surface area contributed by atoms with E-state index in [-0.39, 0.29) is 11.4 Å². The second-order valence-corrected chi connectivity index (χ2v) is 5.73. The van der Waals surface area contributed by atoms with Gasteiger partial charge >= 0.3 is 12.8 Å². The Balaban J connectivity index is 3.04. The summed E-state index contributed by atoms with van der Waals surface area (Å²) in [6.07, 6.45) is 0. The summed E-state index contributed by atoms with van der Waals surface area (Å²) in [5.41, 5.74) is -2.11. The van der Waals surface area contributed by atoms with Crippen LogP contribution in [0.1, 0.15) is 27.7 Å². The van der Waals surface area contributed by atoms with Crippen LogP contribution in [0.5, 0.6) is 5.75 Å². The van der Waals surface area contributed by atoms with Crippen LogP contribution in [0.3, 0.4) is 0 Å². The summed E-state index contributed by atoms with van der Waals surface area (Å²) in [5, 5.41) is 30.9. The number of aliphatic hydroxyl groups is 1. The number of hydrogen-bond donors (Lipinski definition) is 2. The number of nitro groups is 1. The summed E-state index contributed by atoms with van der Waals surface area (Å²) >= 11 is 0. The smallest absolute Gasteiger partial charge is 0.490 e. The molecule has 0 aliphatic heterocycles. The molecule has 0 aromatic heterocycles. The van der Waals surface area contributed by atoms with Crippen LogP contribution in [0.2, 0.25) is 0 Å². The molecule has 116 valence electrons. The highest BCUT2D eigenvalue weighted by atomic mass is 16.6. The minimum absolute atomic E-state index is 0.0289. The highest BCUT2D eigenvalue weighted by Crippen LogP contribution is 2.27. The number of hydrogen-bond acceptors (Lipinski definition) is 6. The highest BCUT2D eigenvalue weighted by molar-refractivity contribution is 6.60. The maximum Gasteiger partial charge on any atom is 0.491 e. The van der Waals surface area contributed by atoms with Gasteiger partial charge in [-0.25, -0.2) is 0 Å². The number of benzene rings is 1. The lowest BCUT2D eigenvalue weighted by molar-refractivity contribution is -0.385. The van der Waals surface area contributed by atoms with Crippen molar-refractivity contribution in [3.05, 3.63) is 28.3 Å². The summed E-state index contributed by atoms with van der Waals surface area (Å²) in [6.45, 7) is 6.41. The molecule has 1 aromatic rings. The third-order valence-corrected chi connectivity index (χ3v) is 3.57. The molecule has 7 nitrogen and oxygen atoms in total. The Labute approximate surface area is 123 Å². The van der Waals surface area contributed by atoms with E-state index in [2.05, 4.69) is 0 Å². The Morgan fingerprint density at radius 1 is 1.29 bits per heavy atom. The average Bonchev–Trinajstić information content (AvgIpc) is 2.35. The zero-order valence-electron chi connectivity index (χ0n) is 12.8. The molecule has 0 bridgehead atoms. The fourth-order valence-corrected chi connectivity index (χ4v) is 1.49. The maximum absolute atomic E-state index is 10.8. The van der Waals surface area contributed by atoms with Gasteiger partial charge in [0.15, 0.2) is 5.75 Å². The lowest BCUT2D eigenvalue weighted by atomic mass is 9.76. The molecule has 1 aromatic carbocycles. The van der Waals surface area contributed by atoms with Gasteiger partial charge in [0, 0.05) is 6.07 Å². The van der Waals surface area contributed by atoms with Crippen molar-refractivity contribution in [2.45, 2.75) is 38.9 Å². The van der Waals surface area contributed by atoms with E-state index >= 15 is 0 Å². The van der Waals surface area contributed by atoms with Gasteiger partial charge in [0.05, 0.1) is 23.2 Å². The summed E-state index contributed by atoms with van der Waals surface area (Å²) in [6, 6.07) is 3.95. The minimum Gasteiger partial charge on any atom is -0.490 e. The minimum atomic E-state index is -1.35. The zero-order valence-corrected chi connectivity index (χ0v) is 12.8. The molecule has 0 aliphatic carbocycles. The fourth-order valence-electron chi connectivity index (χ4n) is 1.49. The van der Waals surface area contributed by atoms with E-state index in [4.69, 9.17) is 9.39 Å². The molecule has 0 heterocycles. The monoisotopic (exact) mass is 297 g/mol. The predicted octanol–water partition coefficient (Wildman–Crippen LogP) is 0.857. The third kappa shape index (κ3) is 3.93. The summed E-state index contributed by atoms with van der Waals surface area (Å²) in [4.78, 5) is 10.2. The Morgan fingerprint density at radius 3 is 2.29 bits per heavy atom. The number of rotatable bonds is 6. The third-order valence-electron chi connectivity index (χ3n) is 3.57. The molecule has 0 amide bonds. The Kier molecular flexibility index (Phi) is 4.98. The molecule has 0 radical (unpaired) electrons. The largest absolute Gasteiger partial charge is 0.491 e. The van der Waals surface area contributed by atoms with E-state index in [1.54, 1.807) is 27.7 Å². The van der Waals surface area contributed by atoms with Crippen LogP contribution in [0, 0.1) is 10.1 Å². The van der Waals surface area contributed by atoms with Gasteiger partial charge in [-0.3, -0.25) is 10.1 Å². The van der Waals surface area contributed by atoms with Crippen molar-refractivity contribution in [2.75, 3.05) is 7.11 Å². The molecule has 8 heteroatoms. The van der Waals surface area contributed by atoms with Gasteiger partial charge in [-0.2, -0.15) is 0 Å². The topological polar surface area (TPSA) is 102 Å². The first-order valence-electron chi connectivity index (χ1n) is 6.40. The number of nitrogens with zero attached hydrogens (tertiary/aromatic N) is 1. The van der Waals surface area contributed by atoms with E-state index in [0.29, 0.717) is 5.46 Å². The molecule has 0 atom stereocenters. The van der Waals surface area contributed by atoms with Crippen LogP contribution in [-0.4, -0.2) is 40.5 Å². The molecular weight excluding hydrogens is 277 g/mol. The van der Waals surface area contributed by atoms with Gasteiger partial charge in [0.25, 0.3) is 0 Å². The first kappa shape index (κ1) is 17.4. The predicted molar refractivity (Wildman–Crippen MR) is 78.7 cm³/mol. The van der Waals surface area contributed by atoms with Gasteiger partial charge in [0.1, 0.15) is 0 Å². The van der Waals surface area contributed by atoms with Crippen molar-refractivity contribution in [2.24, 2.45) is 0 Å². The molecule has 21 heavy (non-hydrogen) atoms. The normalized spacial score (nSPS) is 12.1. The van der Waals surface area contributed by atoms with Crippen molar-refractivity contribution in [1.82, 2.24) is 0 Å². The number of ether oxygens (including phenoxy) is 1. The van der Waals surface area contributed by atoms with Gasteiger partial charge in [0.2, 0.25) is 0 Å². The summed E-state index contributed by atoms with van der Waals surface area (Å²) in [7, 11) is -0.0405. The van der Waals surface area contributed by atoms with Crippen LogP contribution >= 0.6 is 0 Å². The summed E-state index contributed by atoms with van der Waals surface area (Å²) in [5.74, 6) is 0.0289. The second-order valence-electron chi connectivity index (χ2n) is 5.73. The van der Waals surface area contributed by atoms with Crippen molar-refractivity contribution in [3.8, 4) is 5.75 Å². The van der Waals surface area contributed by atoms with Crippen LogP contribution in [0.15, 0.2) is 18.2 Å². The van der Waals surface area contributed by atoms with Crippen LogP contribution in [0.4, 0.5) is 5.69 Å². The number of methoxy groups -OCH3 is 1. The van der Waals surface area contributed by atoms with Crippen molar-refractivity contribution in [3.63, 3.8) is 0 Å². The molecule has 0 unspecified atom stereocenters. The SMILES string of the molecule is COc1cc(B(O)OC(C)(C)C(C)(C)O)ccc1[N+](=O)[O-]. The van der Waals surface area contributed by atoms with Crippen molar-refractivity contribution < 1.29 is 24.4 Å². The molecule has 1 rings (SSSR count). The lowest BCUT2D eigenvalue weighted by Gasteiger charge is -2.38. The van der Waals surface area contributed by atoms with Crippen molar-refractivity contribution in [1.29, 1.82) is 0 Å². The van der Waals surface area contributed by atoms with Gasteiger partial charge in [-0.1, -0.05) is 6.07 Å². The molecule has 0 saturated heterocycles. The first-order chi connectivity index (χ1) is 9.49. The van der Waals surface area contributed by atoms with E-state index in [1.807, 2.05) is 0 Å². The Morgan fingerprint density at radius 2 is 1.86 bits per heavy atom. The highest BCUT2D eigenvalue weighted by Gasteiger charge is 2.39. The molecular formula is C13H20BNO6. The lowest BCUT2D eigenvalue weighted by Crippen LogP contribution is -2.53. The molecule has 0 spiro atoms. The van der Waals surface area contributed by atoms with E-state index in [1.165, 1.54) is 25.3 Å². The quantitative estimate of drug-likeness (QED) is 0.458. The van der Waals surface area contributed by atoms with Crippen LogP contribution in [0.25, 0.3) is 0 Å². The van der Waals surface area contributed by atoms with Crippen molar-refractivity contribution >= 4 is 18.3 Å². The molecule has 0 fully saturated rings. The Hall–Kier alpha value is -1.64. The molecule has 0 saturated carbocycles. The van der Waals surface area contributed by atoms with E-state index in [9.17, 15) is 20.2 Å². The van der Waals surface area contributed by atoms with Gasteiger partial charge in [-0.15, -0.1) is 0 Å². The van der Waals surface area contributed by atoms with Gasteiger partial charge < -0.3 is 19.5 Å². The van der Waals surface area contributed by atoms with Crippen LogP contribution < -0.4 is 10.2 Å². The van der Waals surface area contributed by atoms with E-state index in [0.717, 1.165) is 0 Å². The first-order valence-corrected chi connectivity index (χ1v) is 6.40. The second kappa shape index (κ2) is 6.01. The van der Waals surface area contributed by atoms with Crippen LogP contribution in [-0.2, 0) is 4.65 Å². The Bertz CT molecular complexity index is 526. The fraction of sp³-hybridized carbons (Fsp3) is 0.538. The maximum atomic E-state index is 10.8.